The van der Waals surface area contributed by atoms with Crippen LogP contribution in [0.2, 0.25) is 0 Å². The molecular weight excluding hydrogens is 256 g/mol. The Bertz CT molecular complexity index is 362. The number of hydrogen-bond donors (Lipinski definition) is 3. The predicted molar refractivity (Wildman–Crippen MR) is 67.8 cm³/mol. The summed E-state index contributed by atoms with van der Waals surface area (Å²) < 4.78 is 1.07. The van der Waals surface area contributed by atoms with Crippen LogP contribution in [0.4, 0.5) is 5.69 Å². The zero-order valence-corrected chi connectivity index (χ0v) is 10.4. The third-order valence-corrected chi connectivity index (χ3v) is 2.55. The van der Waals surface area contributed by atoms with Crippen LogP contribution in [0.25, 0.3) is 0 Å². The van der Waals surface area contributed by atoms with Crippen molar-refractivity contribution in [2.75, 3.05) is 12.4 Å². The average Bonchev–Trinajstić information content (AvgIpc) is 2.27. The Hall–Kier alpha value is -1.07. The number of hydrazine groups is 1. The van der Waals surface area contributed by atoms with Crippen molar-refractivity contribution >= 4 is 27.6 Å². The predicted octanol–water partition coefficient (Wildman–Crippen LogP) is 1.87. The number of hydrogen-bond acceptors (Lipinski definition) is 2. The van der Waals surface area contributed by atoms with Crippen molar-refractivity contribution in [2.24, 2.45) is 10.8 Å². The van der Waals surface area contributed by atoms with Gasteiger partial charge in [0.1, 0.15) is 0 Å². The van der Waals surface area contributed by atoms with Crippen molar-refractivity contribution in [3.8, 4) is 0 Å². The maximum atomic E-state index is 5.30. The van der Waals surface area contributed by atoms with Crippen LogP contribution in [-0.4, -0.2) is 13.0 Å². The topological polar surface area (TPSA) is 62.4 Å². The van der Waals surface area contributed by atoms with E-state index in [4.69, 9.17) is 5.84 Å². The summed E-state index contributed by atoms with van der Waals surface area (Å²) in [4.78, 5) is 3.96. The molecule has 0 aliphatic rings. The van der Waals surface area contributed by atoms with Gasteiger partial charge < -0.3 is 5.32 Å². The van der Waals surface area contributed by atoms with E-state index >= 15 is 0 Å². The molecule has 0 fully saturated rings. The molecule has 0 heterocycles. The SMILES string of the molecule is CCc1cc(Br)ccc1NC(=NC)NN. The van der Waals surface area contributed by atoms with Crippen molar-refractivity contribution in [1.29, 1.82) is 0 Å². The molecule has 0 aliphatic carbocycles. The van der Waals surface area contributed by atoms with Gasteiger partial charge in [-0.05, 0) is 30.2 Å². The van der Waals surface area contributed by atoms with Crippen LogP contribution in [0.5, 0.6) is 0 Å². The van der Waals surface area contributed by atoms with Crippen LogP contribution in [0.1, 0.15) is 12.5 Å². The van der Waals surface area contributed by atoms with E-state index < -0.39 is 0 Å². The summed E-state index contributed by atoms with van der Waals surface area (Å²) in [5.74, 6) is 5.85. The largest absolute Gasteiger partial charge is 0.325 e. The van der Waals surface area contributed by atoms with Gasteiger partial charge in [-0.1, -0.05) is 22.9 Å². The smallest absolute Gasteiger partial charge is 0.209 e. The van der Waals surface area contributed by atoms with E-state index in [2.05, 4.69) is 44.7 Å². The van der Waals surface area contributed by atoms with Crippen LogP contribution in [0.15, 0.2) is 27.7 Å². The molecule has 0 bridgehead atoms. The Morgan fingerprint density at radius 3 is 2.80 bits per heavy atom. The Kier molecular flexibility index (Phi) is 4.58. The molecule has 0 unspecified atom stereocenters. The number of nitrogens with one attached hydrogen (secondary N) is 2. The lowest BCUT2D eigenvalue weighted by Gasteiger charge is -2.12. The number of nitrogens with zero attached hydrogens (tertiary/aromatic N) is 1. The quantitative estimate of drug-likeness (QED) is 0.333. The van der Waals surface area contributed by atoms with Gasteiger partial charge in [0.05, 0.1) is 0 Å². The monoisotopic (exact) mass is 270 g/mol. The first-order valence-electron chi connectivity index (χ1n) is 4.70. The van der Waals surface area contributed by atoms with Crippen LogP contribution in [-0.2, 0) is 6.42 Å². The maximum absolute atomic E-state index is 5.30. The zero-order valence-electron chi connectivity index (χ0n) is 8.84. The van der Waals surface area contributed by atoms with Gasteiger partial charge in [0, 0.05) is 17.2 Å². The summed E-state index contributed by atoms with van der Waals surface area (Å²) in [5, 5.41) is 3.12. The highest BCUT2D eigenvalue weighted by Gasteiger charge is 2.03. The minimum atomic E-state index is 0.548. The first kappa shape index (κ1) is 12.0. The third-order valence-electron chi connectivity index (χ3n) is 2.06. The number of halogens is 1. The summed E-state index contributed by atoms with van der Waals surface area (Å²) in [5.41, 5.74) is 4.72. The minimum absolute atomic E-state index is 0.548. The maximum Gasteiger partial charge on any atom is 0.209 e. The van der Waals surface area contributed by atoms with E-state index in [0.29, 0.717) is 5.96 Å². The van der Waals surface area contributed by atoms with E-state index in [1.165, 1.54) is 5.56 Å². The molecule has 1 aromatic rings. The summed E-state index contributed by atoms with van der Waals surface area (Å²) >= 11 is 3.44. The molecular formula is C10H15BrN4. The molecule has 0 aliphatic heterocycles. The van der Waals surface area contributed by atoms with Crippen LogP contribution in [0, 0.1) is 0 Å². The summed E-state index contributed by atoms with van der Waals surface area (Å²) in [6.07, 6.45) is 0.948. The second-order valence-corrected chi connectivity index (χ2v) is 3.91. The van der Waals surface area contributed by atoms with Gasteiger partial charge in [-0.15, -0.1) is 0 Å². The number of aliphatic imine (C=N–C) groups is 1. The molecule has 82 valence electrons. The third kappa shape index (κ3) is 3.21. The van der Waals surface area contributed by atoms with Crippen molar-refractivity contribution in [1.82, 2.24) is 5.43 Å². The van der Waals surface area contributed by atoms with Gasteiger partial charge in [0.2, 0.25) is 5.96 Å². The fraction of sp³-hybridized carbons (Fsp3) is 0.300. The molecule has 0 aromatic heterocycles. The molecule has 0 spiro atoms. The first-order valence-corrected chi connectivity index (χ1v) is 5.49. The Balaban J connectivity index is 2.94. The molecule has 4 nitrogen and oxygen atoms in total. The van der Waals surface area contributed by atoms with E-state index in [1.54, 1.807) is 7.05 Å². The number of benzene rings is 1. The summed E-state index contributed by atoms with van der Waals surface area (Å²) in [6, 6.07) is 6.04. The first-order chi connectivity index (χ1) is 7.21. The summed E-state index contributed by atoms with van der Waals surface area (Å²) in [6.45, 7) is 2.10. The lowest BCUT2D eigenvalue weighted by molar-refractivity contribution is 1.01. The highest BCUT2D eigenvalue weighted by Crippen LogP contribution is 2.21. The second-order valence-electron chi connectivity index (χ2n) is 3.00. The summed E-state index contributed by atoms with van der Waals surface area (Å²) in [7, 11) is 1.67. The molecule has 0 amide bonds. The van der Waals surface area contributed by atoms with E-state index in [1.807, 2.05) is 12.1 Å². The molecule has 0 radical (unpaired) electrons. The molecule has 5 heteroatoms. The molecule has 1 aromatic carbocycles. The average molecular weight is 271 g/mol. The molecule has 0 atom stereocenters. The van der Waals surface area contributed by atoms with Crippen molar-refractivity contribution < 1.29 is 0 Å². The highest BCUT2D eigenvalue weighted by molar-refractivity contribution is 9.10. The Morgan fingerprint density at radius 2 is 2.27 bits per heavy atom. The highest BCUT2D eigenvalue weighted by atomic mass is 79.9. The van der Waals surface area contributed by atoms with E-state index in [0.717, 1.165) is 16.6 Å². The second kappa shape index (κ2) is 5.72. The minimum Gasteiger partial charge on any atom is -0.325 e. The molecule has 0 saturated carbocycles. The molecule has 4 N–H and O–H groups in total. The van der Waals surface area contributed by atoms with Gasteiger partial charge in [-0.3, -0.25) is 10.4 Å². The van der Waals surface area contributed by atoms with Crippen LogP contribution in [0.3, 0.4) is 0 Å². The number of guanidine groups is 1. The fourth-order valence-electron chi connectivity index (χ4n) is 1.26. The fourth-order valence-corrected chi connectivity index (χ4v) is 1.67. The molecule has 15 heavy (non-hydrogen) atoms. The lowest BCUT2D eigenvalue weighted by Crippen LogP contribution is -2.36. The van der Waals surface area contributed by atoms with Gasteiger partial charge in [0.25, 0.3) is 0 Å². The lowest BCUT2D eigenvalue weighted by atomic mass is 10.1. The number of anilines is 1. The van der Waals surface area contributed by atoms with E-state index in [9.17, 15) is 0 Å². The van der Waals surface area contributed by atoms with Crippen molar-refractivity contribution in [2.45, 2.75) is 13.3 Å². The molecule has 1 rings (SSSR count). The van der Waals surface area contributed by atoms with Crippen LogP contribution < -0.4 is 16.6 Å². The van der Waals surface area contributed by atoms with Gasteiger partial charge in [-0.2, -0.15) is 0 Å². The van der Waals surface area contributed by atoms with Gasteiger partial charge in [-0.25, -0.2) is 5.84 Å². The van der Waals surface area contributed by atoms with Gasteiger partial charge in [0.15, 0.2) is 0 Å². The Morgan fingerprint density at radius 1 is 1.53 bits per heavy atom. The Labute approximate surface area is 98.1 Å². The van der Waals surface area contributed by atoms with Crippen molar-refractivity contribution in [3.05, 3.63) is 28.2 Å². The van der Waals surface area contributed by atoms with Gasteiger partial charge >= 0.3 is 0 Å². The number of nitrogens with two attached hydrogens (primary N) is 1. The zero-order chi connectivity index (χ0) is 11.3. The van der Waals surface area contributed by atoms with E-state index in [-0.39, 0.29) is 0 Å². The van der Waals surface area contributed by atoms with Crippen molar-refractivity contribution in [3.63, 3.8) is 0 Å². The standard InChI is InChI=1S/C10H15BrN4/c1-3-7-6-8(11)4-5-9(7)14-10(13-2)15-12/h4-6H,3,12H2,1-2H3,(H2,13,14,15). The normalized spacial score (nSPS) is 11.3. The number of aryl methyl sites for hydroxylation is 1. The molecule has 0 saturated heterocycles. The van der Waals surface area contributed by atoms with Crippen LogP contribution >= 0.6 is 15.9 Å². The number of rotatable bonds is 2.